The van der Waals surface area contributed by atoms with Crippen molar-refractivity contribution in [2.45, 2.75) is 19.0 Å². The number of amides is 2. The molecule has 29 heavy (non-hydrogen) atoms. The quantitative estimate of drug-likeness (QED) is 0.731. The van der Waals surface area contributed by atoms with Crippen molar-refractivity contribution >= 4 is 23.2 Å². The van der Waals surface area contributed by atoms with E-state index in [-0.39, 0.29) is 18.2 Å². The van der Waals surface area contributed by atoms with Gasteiger partial charge in [0, 0.05) is 31.0 Å². The Hall–Kier alpha value is -3.67. The molecule has 6 heteroatoms. The summed E-state index contributed by atoms with van der Waals surface area (Å²) in [6.07, 6.45) is 1.26. The fourth-order valence-corrected chi connectivity index (χ4v) is 3.36. The van der Waals surface area contributed by atoms with Crippen LogP contribution in [0, 0.1) is 0 Å². The second-order valence-electron chi connectivity index (χ2n) is 6.81. The fourth-order valence-electron chi connectivity index (χ4n) is 3.36. The Balaban J connectivity index is 1.65. The van der Waals surface area contributed by atoms with Crippen molar-refractivity contribution in [1.82, 2.24) is 5.32 Å². The summed E-state index contributed by atoms with van der Waals surface area (Å²) in [5, 5.41) is 2.78. The van der Waals surface area contributed by atoms with Crippen molar-refractivity contribution in [2.24, 2.45) is 4.99 Å². The van der Waals surface area contributed by atoms with Crippen LogP contribution < -0.4 is 10.2 Å². The molecule has 0 saturated carbocycles. The number of aryl methyl sites for hydroxylation is 1. The van der Waals surface area contributed by atoms with Crippen LogP contribution in [-0.2, 0) is 16.0 Å². The fraction of sp³-hybridized carbons (Fsp3) is 0.174. The van der Waals surface area contributed by atoms with Crippen molar-refractivity contribution < 1.29 is 14.0 Å². The van der Waals surface area contributed by atoms with Crippen LogP contribution in [0.4, 0.5) is 5.69 Å². The third kappa shape index (κ3) is 3.96. The monoisotopic (exact) mass is 387 g/mol. The summed E-state index contributed by atoms with van der Waals surface area (Å²) in [6.45, 7) is 0. The van der Waals surface area contributed by atoms with Crippen molar-refractivity contribution in [3.05, 3.63) is 89.9 Å². The van der Waals surface area contributed by atoms with Gasteiger partial charge in [0.15, 0.2) is 0 Å². The summed E-state index contributed by atoms with van der Waals surface area (Å²) in [6, 6.07) is 20.9. The van der Waals surface area contributed by atoms with Gasteiger partial charge in [-0.25, -0.2) is 4.99 Å². The molecule has 1 atom stereocenters. The Morgan fingerprint density at radius 1 is 1.07 bits per heavy atom. The van der Waals surface area contributed by atoms with Crippen LogP contribution in [0.1, 0.15) is 23.3 Å². The van der Waals surface area contributed by atoms with Crippen LogP contribution >= 0.6 is 0 Å². The minimum absolute atomic E-state index is 0.212. The van der Waals surface area contributed by atoms with Crippen molar-refractivity contribution in [1.29, 1.82) is 0 Å². The van der Waals surface area contributed by atoms with Crippen LogP contribution in [0.2, 0.25) is 0 Å². The van der Waals surface area contributed by atoms with E-state index >= 15 is 0 Å². The van der Waals surface area contributed by atoms with E-state index in [1.807, 2.05) is 60.7 Å². The van der Waals surface area contributed by atoms with Crippen LogP contribution in [0.25, 0.3) is 0 Å². The zero-order chi connectivity index (χ0) is 20.2. The van der Waals surface area contributed by atoms with Gasteiger partial charge in [0.05, 0.1) is 17.7 Å². The van der Waals surface area contributed by atoms with Gasteiger partial charge in [-0.1, -0.05) is 48.5 Å². The highest BCUT2D eigenvalue weighted by atomic mass is 16.3. The number of hydrogen-bond acceptors (Lipinski definition) is 4. The molecule has 0 fully saturated rings. The van der Waals surface area contributed by atoms with Gasteiger partial charge in [-0.15, -0.1) is 0 Å². The maximum absolute atomic E-state index is 13.0. The molecule has 1 N–H and O–H groups in total. The smallest absolute Gasteiger partial charge is 0.272 e. The lowest BCUT2D eigenvalue weighted by Crippen LogP contribution is -2.46. The van der Waals surface area contributed by atoms with E-state index in [0.29, 0.717) is 12.1 Å². The maximum atomic E-state index is 13.0. The molecule has 2 amide bonds. The highest BCUT2D eigenvalue weighted by Gasteiger charge is 2.30. The van der Waals surface area contributed by atoms with E-state index in [4.69, 9.17) is 4.42 Å². The molecule has 0 radical (unpaired) electrons. The first kappa shape index (κ1) is 18.7. The summed E-state index contributed by atoms with van der Waals surface area (Å²) in [5.74, 6) is 0.190. The zero-order valence-corrected chi connectivity index (χ0v) is 16.0. The third-order valence-electron chi connectivity index (χ3n) is 4.87. The van der Waals surface area contributed by atoms with Crippen molar-refractivity contribution in [2.75, 3.05) is 11.9 Å². The predicted molar refractivity (Wildman–Crippen MR) is 111 cm³/mol. The molecule has 0 bridgehead atoms. The molecular formula is C23H21N3O3. The number of likely N-dealkylation sites (N-methyl/N-ethyl adjacent to an activating group) is 1. The average Bonchev–Trinajstić information content (AvgIpc) is 3.25. The highest BCUT2D eigenvalue weighted by molar-refractivity contribution is 6.20. The van der Waals surface area contributed by atoms with Crippen LogP contribution in [-0.4, -0.2) is 30.7 Å². The lowest BCUT2D eigenvalue weighted by atomic mass is 10.0. The molecule has 1 aliphatic rings. The number of benzodiazepines with no additional fused rings is 1. The van der Waals surface area contributed by atoms with Crippen LogP contribution in [0.5, 0.6) is 0 Å². The molecule has 2 aromatic carbocycles. The first-order chi connectivity index (χ1) is 14.1. The predicted octanol–water partition coefficient (Wildman–Crippen LogP) is 3.17. The zero-order valence-electron chi connectivity index (χ0n) is 16.0. The van der Waals surface area contributed by atoms with E-state index < -0.39 is 6.17 Å². The van der Waals surface area contributed by atoms with Crippen molar-refractivity contribution in [3.63, 3.8) is 0 Å². The number of carbonyl (C=O) groups excluding carboxylic acids is 2. The average molecular weight is 387 g/mol. The Labute approximate surface area is 168 Å². The van der Waals surface area contributed by atoms with Gasteiger partial charge in [0.2, 0.25) is 12.1 Å². The molecule has 0 unspecified atom stereocenters. The van der Waals surface area contributed by atoms with E-state index in [9.17, 15) is 9.59 Å². The van der Waals surface area contributed by atoms with Crippen molar-refractivity contribution in [3.8, 4) is 0 Å². The molecule has 2 heterocycles. The van der Waals surface area contributed by atoms with E-state index in [0.717, 1.165) is 22.6 Å². The Kier molecular flexibility index (Phi) is 5.24. The number of benzene rings is 2. The lowest BCUT2D eigenvalue weighted by molar-refractivity contribution is -0.127. The van der Waals surface area contributed by atoms with Gasteiger partial charge >= 0.3 is 0 Å². The molecular weight excluding hydrogens is 366 g/mol. The Bertz CT molecular complexity index is 1040. The van der Waals surface area contributed by atoms with Gasteiger partial charge in [-0.2, -0.15) is 0 Å². The maximum Gasteiger partial charge on any atom is 0.272 e. The first-order valence-corrected chi connectivity index (χ1v) is 9.45. The van der Waals surface area contributed by atoms with Gasteiger partial charge in [0.1, 0.15) is 5.76 Å². The summed E-state index contributed by atoms with van der Waals surface area (Å²) >= 11 is 0. The van der Waals surface area contributed by atoms with E-state index in [2.05, 4.69) is 10.3 Å². The van der Waals surface area contributed by atoms with E-state index in [1.54, 1.807) is 24.3 Å². The number of fused-ring (bicyclic) bond motifs is 1. The minimum Gasteiger partial charge on any atom is -0.469 e. The van der Waals surface area contributed by atoms with Gasteiger partial charge in [-0.3, -0.25) is 9.59 Å². The largest absolute Gasteiger partial charge is 0.469 e. The summed E-state index contributed by atoms with van der Waals surface area (Å²) in [7, 11) is 1.70. The SMILES string of the molecule is CN1C(=O)[C@H](NC(=O)CCc2ccco2)N=C(c2ccccc2)c2ccccc21. The number of aliphatic imine (C=N–C) groups is 1. The Morgan fingerprint density at radius 2 is 1.83 bits per heavy atom. The summed E-state index contributed by atoms with van der Waals surface area (Å²) < 4.78 is 5.27. The first-order valence-electron chi connectivity index (χ1n) is 9.45. The van der Waals surface area contributed by atoms with Gasteiger partial charge in [0.25, 0.3) is 5.91 Å². The summed E-state index contributed by atoms with van der Waals surface area (Å²) in [4.78, 5) is 31.8. The molecule has 4 rings (SSSR count). The number of furan rings is 1. The molecule has 0 saturated heterocycles. The standard InChI is InChI=1S/C23H21N3O3/c1-26-19-12-6-5-11-18(19)21(16-8-3-2-4-9-16)25-22(23(26)28)24-20(27)14-13-17-10-7-15-29-17/h2-12,15,22H,13-14H2,1H3,(H,24,27)/t22-/m1/s1. The number of hydrogen-bond donors (Lipinski definition) is 1. The second kappa shape index (κ2) is 8.14. The molecule has 1 aromatic heterocycles. The number of carbonyl (C=O) groups is 2. The Morgan fingerprint density at radius 3 is 2.59 bits per heavy atom. The molecule has 0 spiro atoms. The molecule has 0 aliphatic carbocycles. The number of para-hydroxylation sites is 1. The third-order valence-corrected chi connectivity index (χ3v) is 4.87. The molecule has 1 aliphatic heterocycles. The highest BCUT2D eigenvalue weighted by Crippen LogP contribution is 2.27. The summed E-state index contributed by atoms with van der Waals surface area (Å²) in [5.41, 5.74) is 3.17. The molecule has 6 nitrogen and oxygen atoms in total. The number of nitrogens with zero attached hydrogens (tertiary/aromatic N) is 2. The second-order valence-corrected chi connectivity index (χ2v) is 6.81. The van der Waals surface area contributed by atoms with Crippen LogP contribution in [0.15, 0.2) is 82.4 Å². The number of nitrogens with one attached hydrogen (secondary N) is 1. The lowest BCUT2D eigenvalue weighted by Gasteiger charge is -2.20. The van der Waals surface area contributed by atoms with Gasteiger partial charge in [-0.05, 0) is 18.2 Å². The van der Waals surface area contributed by atoms with Crippen LogP contribution in [0.3, 0.4) is 0 Å². The van der Waals surface area contributed by atoms with Gasteiger partial charge < -0.3 is 14.6 Å². The van der Waals surface area contributed by atoms with E-state index in [1.165, 1.54) is 0 Å². The number of rotatable bonds is 5. The molecule has 3 aromatic rings. The number of anilines is 1. The molecule has 146 valence electrons. The normalized spacial score (nSPS) is 16.0. The minimum atomic E-state index is -0.994. The topological polar surface area (TPSA) is 74.9 Å².